The molecule has 190 valence electrons. The number of methoxy groups -OCH3 is 1. The van der Waals surface area contributed by atoms with E-state index in [0.717, 1.165) is 11.1 Å². The van der Waals surface area contributed by atoms with Crippen molar-refractivity contribution in [1.29, 1.82) is 0 Å². The summed E-state index contributed by atoms with van der Waals surface area (Å²) in [5, 5.41) is 11.8. The molecule has 1 amide bonds. The van der Waals surface area contributed by atoms with Crippen LogP contribution >= 0.6 is 0 Å². The Hall–Kier alpha value is -4.43. The maximum Gasteiger partial charge on any atom is 0.244 e. The molecule has 0 saturated heterocycles. The van der Waals surface area contributed by atoms with Crippen LogP contribution in [0.2, 0.25) is 0 Å². The summed E-state index contributed by atoms with van der Waals surface area (Å²) < 4.78 is 15.9. The first-order valence-corrected chi connectivity index (χ1v) is 11.7. The zero-order valence-electron chi connectivity index (χ0n) is 20.3. The number of hydrogen-bond donors (Lipinski definition) is 2. The summed E-state index contributed by atoms with van der Waals surface area (Å²) >= 11 is 0. The van der Waals surface area contributed by atoms with Crippen LogP contribution in [0.5, 0.6) is 17.2 Å². The fourth-order valence-corrected chi connectivity index (χ4v) is 3.88. The van der Waals surface area contributed by atoms with E-state index in [1.165, 1.54) is 6.08 Å². The molecule has 1 aliphatic heterocycles. The number of aliphatic hydroxyl groups excluding tert-OH is 1. The van der Waals surface area contributed by atoms with Crippen molar-refractivity contribution in [2.24, 2.45) is 0 Å². The number of benzene rings is 3. The summed E-state index contributed by atoms with van der Waals surface area (Å²) in [5.74, 6) is 0.981. The van der Waals surface area contributed by atoms with Gasteiger partial charge in [0.05, 0.1) is 13.2 Å². The number of carbonyl (C=O) groups is 3. The minimum atomic E-state index is -0.777. The molecule has 4 rings (SSSR count). The Balaban J connectivity index is 1.47. The van der Waals surface area contributed by atoms with E-state index in [2.05, 4.69) is 5.32 Å². The van der Waals surface area contributed by atoms with E-state index >= 15 is 0 Å². The number of fused-ring (bicyclic) bond motifs is 1. The lowest BCUT2D eigenvalue weighted by atomic mass is 9.96. The van der Waals surface area contributed by atoms with E-state index in [1.54, 1.807) is 61.7 Å². The lowest BCUT2D eigenvalue weighted by molar-refractivity contribution is -0.125. The number of amides is 1. The zero-order valence-corrected chi connectivity index (χ0v) is 20.3. The number of aliphatic hydroxyl groups is 1. The van der Waals surface area contributed by atoms with Crippen molar-refractivity contribution in [2.75, 3.05) is 20.5 Å². The van der Waals surface area contributed by atoms with Crippen LogP contribution < -0.4 is 19.5 Å². The third-order valence-electron chi connectivity index (χ3n) is 5.93. The van der Waals surface area contributed by atoms with Crippen molar-refractivity contribution in [3.8, 4) is 17.2 Å². The summed E-state index contributed by atoms with van der Waals surface area (Å²) in [6, 6.07) is 18.4. The van der Waals surface area contributed by atoms with Crippen LogP contribution in [0.1, 0.15) is 27.0 Å². The monoisotopic (exact) mass is 501 g/mol. The quantitative estimate of drug-likeness (QED) is 0.307. The van der Waals surface area contributed by atoms with E-state index in [1.807, 2.05) is 18.2 Å². The molecule has 3 aromatic carbocycles. The van der Waals surface area contributed by atoms with Crippen molar-refractivity contribution in [2.45, 2.75) is 18.9 Å². The summed E-state index contributed by atoms with van der Waals surface area (Å²) in [5.41, 5.74) is 2.69. The molecule has 2 N–H and O–H groups in total. The van der Waals surface area contributed by atoms with Crippen molar-refractivity contribution in [1.82, 2.24) is 5.32 Å². The van der Waals surface area contributed by atoms with Gasteiger partial charge in [0.2, 0.25) is 12.7 Å². The molecule has 0 aromatic heterocycles. The summed E-state index contributed by atoms with van der Waals surface area (Å²) in [6.45, 7) is -0.410. The highest BCUT2D eigenvalue weighted by Crippen LogP contribution is 2.32. The number of rotatable bonds is 11. The number of carbonyl (C=O) groups excluding carboxylic acids is 3. The van der Waals surface area contributed by atoms with Crippen LogP contribution in [0.25, 0.3) is 6.08 Å². The Labute approximate surface area is 214 Å². The molecule has 0 fully saturated rings. The predicted molar refractivity (Wildman–Crippen MR) is 137 cm³/mol. The summed E-state index contributed by atoms with van der Waals surface area (Å²) in [6.07, 6.45) is 3.39. The number of ether oxygens (including phenoxy) is 3. The largest absolute Gasteiger partial charge is 0.497 e. The minimum absolute atomic E-state index is 0.0700. The zero-order chi connectivity index (χ0) is 26.2. The summed E-state index contributed by atoms with van der Waals surface area (Å²) in [4.78, 5) is 37.7. The second kappa shape index (κ2) is 12.0. The molecule has 0 unspecified atom stereocenters. The van der Waals surface area contributed by atoms with Crippen molar-refractivity contribution >= 4 is 23.5 Å². The SMILES string of the molecule is COc1ccc(C[C@H](NC(=O)/C=C/c2ccc3c(c2)OCO3)C(=O)Cc2ccc(C(=O)CO)cc2)cc1. The summed E-state index contributed by atoms with van der Waals surface area (Å²) in [7, 11) is 1.58. The van der Waals surface area contributed by atoms with Gasteiger partial charge in [-0.15, -0.1) is 0 Å². The molecule has 1 aliphatic rings. The third-order valence-corrected chi connectivity index (χ3v) is 5.93. The number of Topliss-reactive ketones (excluding diaryl/α,β-unsaturated/α-hetero) is 2. The normalized spacial score (nSPS) is 12.8. The fourth-order valence-electron chi connectivity index (χ4n) is 3.88. The topological polar surface area (TPSA) is 111 Å². The average Bonchev–Trinajstić information content (AvgIpc) is 3.40. The first-order chi connectivity index (χ1) is 17.9. The molecule has 8 heteroatoms. The van der Waals surface area contributed by atoms with Gasteiger partial charge in [0.25, 0.3) is 0 Å². The molecule has 0 aliphatic carbocycles. The Morgan fingerprint density at radius 3 is 2.38 bits per heavy atom. The molecule has 0 spiro atoms. The van der Waals surface area contributed by atoms with Gasteiger partial charge in [-0.1, -0.05) is 42.5 Å². The van der Waals surface area contributed by atoms with E-state index in [-0.39, 0.29) is 19.0 Å². The van der Waals surface area contributed by atoms with Gasteiger partial charge in [-0.25, -0.2) is 0 Å². The highest BCUT2D eigenvalue weighted by molar-refractivity contribution is 5.98. The van der Waals surface area contributed by atoms with Crippen LogP contribution in [-0.2, 0) is 22.4 Å². The Morgan fingerprint density at radius 2 is 1.68 bits per heavy atom. The van der Waals surface area contributed by atoms with E-state index in [9.17, 15) is 14.4 Å². The smallest absolute Gasteiger partial charge is 0.244 e. The Bertz CT molecular complexity index is 1300. The molecule has 0 saturated carbocycles. The van der Waals surface area contributed by atoms with Crippen molar-refractivity contribution in [3.05, 3.63) is 95.1 Å². The second-order valence-corrected chi connectivity index (χ2v) is 8.48. The van der Waals surface area contributed by atoms with E-state index in [4.69, 9.17) is 19.3 Å². The minimum Gasteiger partial charge on any atom is -0.497 e. The van der Waals surface area contributed by atoms with Crippen molar-refractivity contribution < 1.29 is 33.7 Å². The lowest BCUT2D eigenvalue weighted by Gasteiger charge is -2.17. The van der Waals surface area contributed by atoms with Crippen LogP contribution in [-0.4, -0.2) is 49.1 Å². The van der Waals surface area contributed by atoms with Gasteiger partial charge in [-0.2, -0.15) is 0 Å². The van der Waals surface area contributed by atoms with E-state index < -0.39 is 24.3 Å². The number of nitrogens with one attached hydrogen (secondary N) is 1. The molecule has 8 nitrogen and oxygen atoms in total. The average molecular weight is 502 g/mol. The number of hydrogen-bond acceptors (Lipinski definition) is 7. The predicted octanol–water partition coefficient (Wildman–Crippen LogP) is 3.15. The maximum atomic E-state index is 13.3. The van der Waals surface area contributed by atoms with Gasteiger partial charge >= 0.3 is 0 Å². The van der Waals surface area contributed by atoms with Crippen molar-refractivity contribution in [3.63, 3.8) is 0 Å². The van der Waals surface area contributed by atoms with E-state index in [0.29, 0.717) is 34.8 Å². The second-order valence-electron chi connectivity index (χ2n) is 8.48. The van der Waals surface area contributed by atoms with Gasteiger partial charge in [-0.05, 0) is 53.5 Å². The number of ketones is 2. The standard InChI is InChI=1S/C29H27NO7/c1-35-23-10-4-19(5-11-23)14-24(25(32)15-20-2-8-22(9-3-20)26(33)17-31)30-29(34)13-7-21-6-12-27-28(16-21)37-18-36-27/h2-13,16,24,31H,14-15,17-18H2,1H3,(H,30,34)/b13-7+/t24-/m0/s1. The van der Waals surface area contributed by atoms with Crippen LogP contribution in [0.4, 0.5) is 0 Å². The molecule has 3 aromatic rings. The maximum absolute atomic E-state index is 13.3. The first-order valence-electron chi connectivity index (χ1n) is 11.7. The molecular formula is C29H27NO7. The van der Waals surface area contributed by atoms with Gasteiger partial charge in [0.15, 0.2) is 23.1 Å². The van der Waals surface area contributed by atoms with Gasteiger partial charge in [0, 0.05) is 18.1 Å². The van der Waals surface area contributed by atoms with Crippen LogP contribution in [0.15, 0.2) is 72.8 Å². The molecule has 37 heavy (non-hydrogen) atoms. The highest BCUT2D eigenvalue weighted by atomic mass is 16.7. The highest BCUT2D eigenvalue weighted by Gasteiger charge is 2.21. The fraction of sp³-hybridized carbons (Fsp3) is 0.207. The van der Waals surface area contributed by atoms with Gasteiger partial charge in [-0.3, -0.25) is 14.4 Å². The van der Waals surface area contributed by atoms with Crippen LogP contribution in [0.3, 0.4) is 0 Å². The molecule has 0 radical (unpaired) electrons. The first kappa shape index (κ1) is 25.7. The Morgan fingerprint density at radius 1 is 0.973 bits per heavy atom. The lowest BCUT2D eigenvalue weighted by Crippen LogP contribution is -2.42. The molecular weight excluding hydrogens is 474 g/mol. The molecule has 1 atom stereocenters. The molecule has 0 bridgehead atoms. The third kappa shape index (κ3) is 6.83. The van der Waals surface area contributed by atoms with Crippen LogP contribution in [0, 0.1) is 0 Å². The Kier molecular flexibility index (Phi) is 8.33. The van der Waals surface area contributed by atoms with Gasteiger partial charge in [0.1, 0.15) is 12.4 Å². The van der Waals surface area contributed by atoms with Gasteiger partial charge < -0.3 is 24.6 Å². The molecule has 1 heterocycles.